The number of aromatic amines is 1. The first-order chi connectivity index (χ1) is 7.84. The van der Waals surface area contributed by atoms with Crippen LogP contribution in [0.1, 0.15) is 0 Å². The molecule has 0 spiro atoms. The molecule has 0 bridgehead atoms. The first-order valence-electron chi connectivity index (χ1n) is 5.02. The quantitative estimate of drug-likeness (QED) is 0.627. The van der Waals surface area contributed by atoms with Crippen LogP contribution in [-0.4, -0.2) is 48.9 Å². The van der Waals surface area contributed by atoms with Crippen LogP contribution in [0, 0.1) is 0 Å². The van der Waals surface area contributed by atoms with E-state index in [-0.39, 0.29) is 54.6 Å². The Morgan fingerprint density at radius 2 is 1.65 bits per heavy atom. The molecule has 0 radical (unpaired) electrons. The Kier molecular flexibility index (Phi) is 3.96. The second-order valence-electron chi connectivity index (χ2n) is 3.55. The van der Waals surface area contributed by atoms with Gasteiger partial charge in [0.15, 0.2) is 0 Å². The van der Waals surface area contributed by atoms with Crippen molar-refractivity contribution in [2.75, 3.05) is 0 Å². The summed E-state index contributed by atoms with van der Waals surface area (Å²) in [5, 5.41) is 11.6. The number of hydrogen-bond donors (Lipinski definition) is 0. The molecule has 0 amide bonds. The van der Waals surface area contributed by atoms with Gasteiger partial charge in [-0.3, -0.25) is 0 Å². The molecule has 0 fully saturated rings. The molecule has 0 atom stereocenters. The Balaban J connectivity index is 0.00000108. The molecule has 4 heteroatoms. The number of hydrogen-bond acceptors (Lipinski definition) is 2. The molecule has 17 heavy (non-hydrogen) atoms. The minimum atomic E-state index is -0.0437. The molecular weight excluding hydrogens is 339 g/mol. The average Bonchev–Trinajstić information content (AvgIpc) is 2.73. The second-order valence-corrected chi connectivity index (χ2v) is 3.55. The molecule has 2 aromatic carbocycles. The summed E-state index contributed by atoms with van der Waals surface area (Å²) in [5.74, 6) is 0.463. The summed E-state index contributed by atoms with van der Waals surface area (Å²) in [7, 11) is 0. The van der Waals surface area contributed by atoms with Gasteiger partial charge in [-0.05, 0) is 12.1 Å². The van der Waals surface area contributed by atoms with Gasteiger partial charge < -0.3 is 9.52 Å². The molecule has 0 aliphatic rings. The van der Waals surface area contributed by atoms with Crippen molar-refractivity contribution in [3.05, 3.63) is 48.5 Å². The Hall–Kier alpha value is -0.719. The van der Waals surface area contributed by atoms with Crippen LogP contribution in [0.3, 0.4) is 0 Å². The molecular formula is C13H9BaNO2+2. The standard InChI is InChI=1S/C13H9NO2.Ba/c15-11-7-3-1-5-9(11)13-14-10-6-2-4-8-12(10)16-13;/h1-8,15H;/q;+2. The zero-order valence-electron chi connectivity index (χ0n) is 9.14. The normalized spacial score (nSPS) is 10.1. The molecule has 0 aliphatic carbocycles. The maximum atomic E-state index is 11.6. The van der Waals surface area contributed by atoms with Crippen LogP contribution in [0.4, 0.5) is 0 Å². The van der Waals surface area contributed by atoms with Gasteiger partial charge in [0.2, 0.25) is 11.1 Å². The van der Waals surface area contributed by atoms with Gasteiger partial charge in [-0.2, -0.15) is 4.98 Å². The van der Waals surface area contributed by atoms with E-state index < -0.39 is 0 Å². The smallest absolute Gasteiger partial charge is 0.872 e. The molecule has 0 unspecified atom stereocenters. The zero-order valence-corrected chi connectivity index (χ0v) is 13.6. The fraction of sp³-hybridized carbons (Fsp3) is 0. The van der Waals surface area contributed by atoms with E-state index in [1.54, 1.807) is 12.1 Å². The van der Waals surface area contributed by atoms with Crippen molar-refractivity contribution in [3.8, 4) is 17.2 Å². The van der Waals surface area contributed by atoms with Crippen LogP contribution in [0.25, 0.3) is 22.6 Å². The molecule has 0 saturated heterocycles. The summed E-state index contributed by atoms with van der Waals surface area (Å²) in [4.78, 5) is 3.09. The van der Waals surface area contributed by atoms with E-state index in [1.165, 1.54) is 6.07 Å². The maximum Gasteiger partial charge on any atom is 2.00 e. The van der Waals surface area contributed by atoms with Crippen LogP contribution < -0.4 is 10.1 Å². The van der Waals surface area contributed by atoms with Crippen molar-refractivity contribution in [2.24, 2.45) is 0 Å². The number of rotatable bonds is 1. The molecule has 1 aromatic heterocycles. The van der Waals surface area contributed by atoms with E-state index in [1.807, 2.05) is 30.3 Å². The van der Waals surface area contributed by atoms with Gasteiger partial charge >= 0.3 is 54.8 Å². The summed E-state index contributed by atoms with van der Waals surface area (Å²) in [5.41, 5.74) is 2.19. The van der Waals surface area contributed by atoms with Crippen LogP contribution in [0.15, 0.2) is 52.9 Å². The molecule has 3 aromatic rings. The van der Waals surface area contributed by atoms with E-state index in [4.69, 9.17) is 4.42 Å². The van der Waals surface area contributed by atoms with E-state index >= 15 is 0 Å². The first kappa shape index (κ1) is 12.7. The minimum absolute atomic E-state index is 0. The van der Waals surface area contributed by atoms with Crippen molar-refractivity contribution < 1.29 is 14.5 Å². The number of nitrogens with one attached hydrogen (secondary N) is 1. The summed E-state index contributed by atoms with van der Waals surface area (Å²) in [6.45, 7) is 0. The topological polar surface area (TPSA) is 50.3 Å². The van der Waals surface area contributed by atoms with Gasteiger partial charge in [0, 0.05) is 6.07 Å². The van der Waals surface area contributed by atoms with E-state index in [9.17, 15) is 5.11 Å². The number of aromatic nitrogens is 1. The fourth-order valence-corrected chi connectivity index (χ4v) is 1.69. The van der Waals surface area contributed by atoms with E-state index in [0.29, 0.717) is 11.5 Å². The third-order valence-electron chi connectivity index (χ3n) is 2.48. The SMILES string of the molecule is [Ba+2].[O-]c1ccccc1-c1[nH+]c2ccccc2o1. The largest absolute Gasteiger partial charge is 2.00 e. The number of H-pyrrole nitrogens is 1. The van der Waals surface area contributed by atoms with Crippen LogP contribution in [0.5, 0.6) is 5.75 Å². The Morgan fingerprint density at radius 1 is 0.941 bits per heavy atom. The van der Waals surface area contributed by atoms with E-state index in [2.05, 4.69) is 4.98 Å². The van der Waals surface area contributed by atoms with E-state index in [0.717, 1.165) is 11.1 Å². The summed E-state index contributed by atoms with van der Waals surface area (Å²) >= 11 is 0. The van der Waals surface area contributed by atoms with Gasteiger partial charge in [-0.1, -0.05) is 36.1 Å². The Morgan fingerprint density at radius 3 is 2.41 bits per heavy atom. The van der Waals surface area contributed by atoms with Crippen LogP contribution >= 0.6 is 0 Å². The van der Waals surface area contributed by atoms with Crippen molar-refractivity contribution in [1.82, 2.24) is 0 Å². The molecule has 0 saturated carbocycles. The van der Waals surface area contributed by atoms with Crippen LogP contribution in [-0.2, 0) is 0 Å². The summed E-state index contributed by atoms with van der Waals surface area (Å²) < 4.78 is 5.58. The van der Waals surface area contributed by atoms with Gasteiger partial charge in [0.1, 0.15) is 0 Å². The molecule has 3 nitrogen and oxygen atoms in total. The minimum Gasteiger partial charge on any atom is -0.872 e. The number of benzene rings is 2. The predicted octanol–water partition coefficient (Wildman–Crippen LogP) is 1.61. The summed E-state index contributed by atoms with van der Waals surface area (Å²) in [6.07, 6.45) is 0. The summed E-state index contributed by atoms with van der Waals surface area (Å²) in [6, 6.07) is 14.4. The predicted molar refractivity (Wildman–Crippen MR) is 63.4 cm³/mol. The van der Waals surface area contributed by atoms with Gasteiger partial charge in [-0.25, -0.2) is 0 Å². The first-order valence-corrected chi connectivity index (χ1v) is 5.02. The molecule has 3 rings (SSSR count). The van der Waals surface area contributed by atoms with Gasteiger partial charge in [-0.15, -0.1) is 0 Å². The second kappa shape index (κ2) is 5.29. The molecule has 0 aliphatic heterocycles. The van der Waals surface area contributed by atoms with Crippen LogP contribution in [0.2, 0.25) is 0 Å². The Labute approximate surface area is 139 Å². The monoisotopic (exact) mass is 349 g/mol. The fourth-order valence-electron chi connectivity index (χ4n) is 1.69. The number of oxazole rings is 1. The molecule has 1 N–H and O–H groups in total. The number of para-hydroxylation sites is 3. The zero-order chi connectivity index (χ0) is 11.0. The number of fused-ring (bicyclic) bond motifs is 1. The maximum absolute atomic E-state index is 11.6. The van der Waals surface area contributed by atoms with Gasteiger partial charge in [0.25, 0.3) is 0 Å². The Bertz CT molecular complexity index is 615. The van der Waals surface area contributed by atoms with Gasteiger partial charge in [0.05, 0.1) is 5.56 Å². The molecule has 1 heterocycles. The van der Waals surface area contributed by atoms with Crippen molar-refractivity contribution in [2.45, 2.75) is 0 Å². The average molecular weight is 349 g/mol. The third kappa shape index (κ3) is 2.43. The molecule has 78 valence electrons. The van der Waals surface area contributed by atoms with Crippen molar-refractivity contribution in [1.29, 1.82) is 0 Å². The third-order valence-corrected chi connectivity index (χ3v) is 2.48. The van der Waals surface area contributed by atoms with Crippen molar-refractivity contribution in [3.63, 3.8) is 0 Å². The van der Waals surface area contributed by atoms with Crippen molar-refractivity contribution >= 4 is 60.0 Å².